The third-order valence-corrected chi connectivity index (χ3v) is 2.41. The second kappa shape index (κ2) is 3.50. The van der Waals surface area contributed by atoms with Crippen LogP contribution in [0.5, 0.6) is 0 Å². The lowest BCUT2D eigenvalue weighted by Gasteiger charge is -2.00. The van der Waals surface area contributed by atoms with Crippen LogP contribution in [0.1, 0.15) is 44.1 Å². The lowest BCUT2D eigenvalue weighted by Crippen LogP contribution is -2.16. The summed E-state index contributed by atoms with van der Waals surface area (Å²) in [6, 6.07) is 0.757. The predicted molar refractivity (Wildman–Crippen MR) is 52.5 cm³/mol. The second-order valence-corrected chi connectivity index (χ2v) is 4.10. The van der Waals surface area contributed by atoms with Gasteiger partial charge in [0.25, 0.3) is 0 Å². The minimum absolute atomic E-state index is 0.544. The van der Waals surface area contributed by atoms with E-state index >= 15 is 0 Å². The van der Waals surface area contributed by atoms with Crippen molar-refractivity contribution in [1.82, 2.24) is 15.3 Å². The summed E-state index contributed by atoms with van der Waals surface area (Å²) in [6.45, 7) is 5.23. The fraction of sp³-hybridized carbons (Fsp3) is 0.700. The van der Waals surface area contributed by atoms with Crippen LogP contribution < -0.4 is 5.32 Å². The van der Waals surface area contributed by atoms with Gasteiger partial charge in [-0.05, 0) is 18.8 Å². The molecule has 1 saturated carbocycles. The van der Waals surface area contributed by atoms with Crippen molar-refractivity contribution in [3.63, 3.8) is 0 Å². The van der Waals surface area contributed by atoms with E-state index in [1.807, 2.05) is 6.20 Å². The van der Waals surface area contributed by atoms with Gasteiger partial charge in [-0.2, -0.15) is 0 Å². The highest BCUT2D eigenvalue weighted by Gasteiger charge is 2.20. The van der Waals surface area contributed by atoms with Crippen molar-refractivity contribution < 1.29 is 0 Å². The number of H-pyrrole nitrogens is 1. The van der Waals surface area contributed by atoms with Gasteiger partial charge >= 0.3 is 0 Å². The van der Waals surface area contributed by atoms with Gasteiger partial charge in [0.2, 0.25) is 0 Å². The standard InChI is InChI=1S/C10H17N3/c1-7(2)9-5-12-10(13-9)6-11-8-3-4-8/h5,7-8,11H,3-4,6H2,1-2H3,(H,12,13). The topological polar surface area (TPSA) is 40.7 Å². The molecule has 0 radical (unpaired) electrons. The van der Waals surface area contributed by atoms with Gasteiger partial charge in [0.15, 0.2) is 0 Å². The number of hydrogen-bond acceptors (Lipinski definition) is 2. The van der Waals surface area contributed by atoms with Crippen LogP contribution in [0.15, 0.2) is 6.20 Å². The lowest BCUT2D eigenvalue weighted by atomic mass is 10.2. The van der Waals surface area contributed by atoms with Gasteiger partial charge in [0.05, 0.1) is 6.54 Å². The Labute approximate surface area is 79.0 Å². The maximum absolute atomic E-state index is 4.32. The van der Waals surface area contributed by atoms with Crippen LogP contribution in [-0.2, 0) is 6.54 Å². The van der Waals surface area contributed by atoms with Crippen LogP contribution in [0, 0.1) is 0 Å². The summed E-state index contributed by atoms with van der Waals surface area (Å²) in [5.74, 6) is 1.61. The Balaban J connectivity index is 1.88. The number of hydrogen-bond donors (Lipinski definition) is 2. The number of nitrogens with one attached hydrogen (secondary N) is 2. The molecule has 0 amide bonds. The fourth-order valence-electron chi connectivity index (χ4n) is 1.29. The summed E-state index contributed by atoms with van der Waals surface area (Å²) >= 11 is 0. The normalized spacial score (nSPS) is 16.8. The molecule has 0 aromatic carbocycles. The molecule has 1 fully saturated rings. The first-order valence-corrected chi connectivity index (χ1v) is 5.03. The Bertz CT molecular complexity index is 273. The molecule has 3 heteroatoms. The highest BCUT2D eigenvalue weighted by Crippen LogP contribution is 2.19. The van der Waals surface area contributed by atoms with Crippen molar-refractivity contribution >= 4 is 0 Å². The van der Waals surface area contributed by atoms with E-state index in [0.29, 0.717) is 5.92 Å². The molecule has 1 aliphatic rings. The molecule has 0 atom stereocenters. The largest absolute Gasteiger partial charge is 0.345 e. The number of nitrogens with zero attached hydrogens (tertiary/aromatic N) is 1. The van der Waals surface area contributed by atoms with Gasteiger partial charge in [0, 0.05) is 17.9 Å². The van der Waals surface area contributed by atoms with Crippen LogP contribution in [0.4, 0.5) is 0 Å². The molecule has 13 heavy (non-hydrogen) atoms. The summed E-state index contributed by atoms with van der Waals surface area (Å²) in [7, 11) is 0. The average molecular weight is 179 g/mol. The van der Waals surface area contributed by atoms with Gasteiger partial charge < -0.3 is 10.3 Å². The molecule has 1 aliphatic carbocycles. The molecule has 0 saturated heterocycles. The van der Waals surface area contributed by atoms with Crippen LogP contribution >= 0.6 is 0 Å². The number of aromatic amines is 1. The molecule has 1 heterocycles. The van der Waals surface area contributed by atoms with Crippen LogP contribution in [0.3, 0.4) is 0 Å². The first-order valence-electron chi connectivity index (χ1n) is 5.03. The van der Waals surface area contributed by atoms with Gasteiger partial charge in [-0.1, -0.05) is 13.8 Å². The van der Waals surface area contributed by atoms with E-state index in [1.165, 1.54) is 18.5 Å². The third kappa shape index (κ3) is 2.31. The number of rotatable bonds is 4. The zero-order valence-electron chi connectivity index (χ0n) is 8.30. The smallest absolute Gasteiger partial charge is 0.120 e. The van der Waals surface area contributed by atoms with Crippen molar-refractivity contribution in [2.24, 2.45) is 0 Å². The summed E-state index contributed by atoms with van der Waals surface area (Å²) in [5.41, 5.74) is 1.23. The summed E-state index contributed by atoms with van der Waals surface area (Å²) in [4.78, 5) is 7.64. The van der Waals surface area contributed by atoms with Crippen LogP contribution in [0.2, 0.25) is 0 Å². The summed E-state index contributed by atoms with van der Waals surface area (Å²) in [5, 5.41) is 3.43. The van der Waals surface area contributed by atoms with Crippen LogP contribution in [0.25, 0.3) is 0 Å². The first kappa shape index (κ1) is 8.75. The van der Waals surface area contributed by atoms with Crippen LogP contribution in [-0.4, -0.2) is 16.0 Å². The zero-order valence-corrected chi connectivity index (χ0v) is 8.30. The van der Waals surface area contributed by atoms with E-state index in [9.17, 15) is 0 Å². The van der Waals surface area contributed by atoms with E-state index in [4.69, 9.17) is 0 Å². The molecule has 3 nitrogen and oxygen atoms in total. The zero-order chi connectivity index (χ0) is 9.26. The highest BCUT2D eigenvalue weighted by atomic mass is 15.0. The molecule has 2 rings (SSSR count). The Morgan fingerprint density at radius 2 is 2.38 bits per heavy atom. The molecule has 0 unspecified atom stereocenters. The Morgan fingerprint density at radius 1 is 1.62 bits per heavy atom. The van der Waals surface area contributed by atoms with Crippen molar-refractivity contribution in [3.8, 4) is 0 Å². The quantitative estimate of drug-likeness (QED) is 0.739. The van der Waals surface area contributed by atoms with Gasteiger partial charge in [-0.3, -0.25) is 0 Å². The van der Waals surface area contributed by atoms with E-state index in [-0.39, 0.29) is 0 Å². The molecule has 0 aliphatic heterocycles. The van der Waals surface area contributed by atoms with Crippen molar-refractivity contribution in [1.29, 1.82) is 0 Å². The van der Waals surface area contributed by atoms with Crippen molar-refractivity contribution in [2.45, 2.75) is 45.2 Å². The Hall–Kier alpha value is -0.830. The molecule has 72 valence electrons. The molecular formula is C10H17N3. The maximum atomic E-state index is 4.32. The molecule has 2 N–H and O–H groups in total. The number of imidazole rings is 1. The molecule has 0 bridgehead atoms. The summed E-state index contributed by atoms with van der Waals surface area (Å²) < 4.78 is 0. The molecule has 1 aromatic heterocycles. The van der Waals surface area contributed by atoms with Crippen molar-refractivity contribution in [2.75, 3.05) is 0 Å². The lowest BCUT2D eigenvalue weighted by molar-refractivity contribution is 0.661. The molecule has 1 aromatic rings. The third-order valence-electron chi connectivity index (χ3n) is 2.41. The maximum Gasteiger partial charge on any atom is 0.120 e. The first-order chi connectivity index (χ1) is 6.25. The van der Waals surface area contributed by atoms with E-state index in [0.717, 1.165) is 18.4 Å². The molecular weight excluding hydrogens is 162 g/mol. The van der Waals surface area contributed by atoms with Crippen molar-refractivity contribution in [3.05, 3.63) is 17.7 Å². The predicted octanol–water partition coefficient (Wildman–Crippen LogP) is 1.79. The molecule has 0 spiro atoms. The van der Waals surface area contributed by atoms with Gasteiger partial charge in [-0.15, -0.1) is 0 Å². The van der Waals surface area contributed by atoms with E-state index < -0.39 is 0 Å². The van der Waals surface area contributed by atoms with Gasteiger partial charge in [0.1, 0.15) is 5.82 Å². The summed E-state index contributed by atoms with van der Waals surface area (Å²) in [6.07, 6.45) is 4.60. The minimum Gasteiger partial charge on any atom is -0.345 e. The highest BCUT2D eigenvalue weighted by molar-refractivity contribution is 5.05. The number of aromatic nitrogens is 2. The Kier molecular flexibility index (Phi) is 2.36. The van der Waals surface area contributed by atoms with E-state index in [2.05, 4.69) is 29.1 Å². The second-order valence-electron chi connectivity index (χ2n) is 4.10. The van der Waals surface area contributed by atoms with E-state index in [1.54, 1.807) is 0 Å². The fourth-order valence-corrected chi connectivity index (χ4v) is 1.29. The minimum atomic E-state index is 0.544. The SMILES string of the molecule is CC(C)c1cnc(CNC2CC2)[nH]1. The Morgan fingerprint density at radius 3 is 2.92 bits per heavy atom. The van der Waals surface area contributed by atoms with Gasteiger partial charge in [-0.25, -0.2) is 4.98 Å². The average Bonchev–Trinajstić information content (AvgIpc) is 2.79. The monoisotopic (exact) mass is 179 g/mol.